The van der Waals surface area contributed by atoms with Crippen LogP contribution < -0.4 is 0 Å². The molecule has 3 aromatic rings. The summed E-state index contributed by atoms with van der Waals surface area (Å²) in [6.07, 6.45) is 1.74. The van der Waals surface area contributed by atoms with E-state index >= 15 is 0 Å². The number of fused-ring (bicyclic) bond motifs is 1. The number of hydrogen-bond donors (Lipinski definition) is 0. The van der Waals surface area contributed by atoms with Crippen LogP contribution in [0.25, 0.3) is 16.9 Å². The second-order valence-electron chi connectivity index (χ2n) is 3.60. The topological polar surface area (TPSA) is 54.0 Å². The standard InChI is InChI=1S/C13H8N4/c14-9-10-3-1-5-12(16-10)13-6-2-4-11-7-8-15-17(11)13/h1-8H. The Morgan fingerprint density at radius 2 is 1.94 bits per heavy atom. The van der Waals surface area contributed by atoms with Gasteiger partial charge >= 0.3 is 0 Å². The van der Waals surface area contributed by atoms with Crippen LogP contribution in [0.4, 0.5) is 0 Å². The van der Waals surface area contributed by atoms with E-state index in [1.165, 1.54) is 0 Å². The molecule has 0 unspecified atom stereocenters. The number of rotatable bonds is 1. The SMILES string of the molecule is N#Cc1cccc(-c2cccc3ccnn23)n1. The molecule has 0 bridgehead atoms. The van der Waals surface area contributed by atoms with Gasteiger partial charge in [0.2, 0.25) is 0 Å². The lowest BCUT2D eigenvalue weighted by atomic mass is 10.2. The van der Waals surface area contributed by atoms with E-state index in [4.69, 9.17) is 5.26 Å². The van der Waals surface area contributed by atoms with Crippen LogP contribution in [0.5, 0.6) is 0 Å². The maximum Gasteiger partial charge on any atom is 0.141 e. The van der Waals surface area contributed by atoms with Crippen LogP contribution in [0.2, 0.25) is 0 Å². The molecule has 3 aromatic heterocycles. The Hall–Kier alpha value is -2.67. The number of aromatic nitrogens is 3. The Balaban J connectivity index is 2.27. The van der Waals surface area contributed by atoms with Gasteiger partial charge in [0.15, 0.2) is 0 Å². The zero-order valence-corrected chi connectivity index (χ0v) is 8.91. The van der Waals surface area contributed by atoms with Crippen molar-refractivity contribution in [3.8, 4) is 17.5 Å². The summed E-state index contributed by atoms with van der Waals surface area (Å²) in [6, 6.07) is 15.2. The van der Waals surface area contributed by atoms with E-state index in [1.807, 2.05) is 47.0 Å². The molecule has 0 aliphatic heterocycles. The quantitative estimate of drug-likeness (QED) is 0.632. The van der Waals surface area contributed by atoms with E-state index in [1.54, 1.807) is 12.3 Å². The summed E-state index contributed by atoms with van der Waals surface area (Å²) in [4.78, 5) is 4.27. The number of nitriles is 1. The molecule has 17 heavy (non-hydrogen) atoms. The Kier molecular flexibility index (Phi) is 2.09. The Morgan fingerprint density at radius 3 is 2.82 bits per heavy atom. The highest BCUT2D eigenvalue weighted by molar-refractivity contribution is 5.61. The first-order valence-corrected chi connectivity index (χ1v) is 5.19. The van der Waals surface area contributed by atoms with Crippen molar-refractivity contribution in [2.45, 2.75) is 0 Å². The maximum absolute atomic E-state index is 8.85. The molecule has 0 aromatic carbocycles. The minimum atomic E-state index is 0.409. The van der Waals surface area contributed by atoms with Gasteiger partial charge in [0.05, 0.1) is 23.1 Å². The second kappa shape index (κ2) is 3.72. The number of hydrogen-bond acceptors (Lipinski definition) is 3. The monoisotopic (exact) mass is 220 g/mol. The molecule has 0 spiro atoms. The lowest BCUT2D eigenvalue weighted by molar-refractivity contribution is 0.962. The van der Waals surface area contributed by atoms with E-state index in [9.17, 15) is 0 Å². The smallest absolute Gasteiger partial charge is 0.141 e. The van der Waals surface area contributed by atoms with Crippen molar-refractivity contribution in [3.63, 3.8) is 0 Å². The Morgan fingerprint density at radius 1 is 1.06 bits per heavy atom. The molecule has 80 valence electrons. The highest BCUT2D eigenvalue weighted by Gasteiger charge is 2.05. The van der Waals surface area contributed by atoms with Crippen LogP contribution >= 0.6 is 0 Å². The molecule has 3 heterocycles. The summed E-state index contributed by atoms with van der Waals surface area (Å²) in [6.45, 7) is 0. The fraction of sp³-hybridized carbons (Fsp3) is 0. The molecular formula is C13H8N4. The predicted octanol–water partition coefficient (Wildman–Crippen LogP) is 2.27. The average Bonchev–Trinajstić information content (AvgIpc) is 2.87. The molecule has 0 fully saturated rings. The third-order valence-electron chi connectivity index (χ3n) is 2.55. The largest absolute Gasteiger partial charge is 0.235 e. The fourth-order valence-corrected chi connectivity index (χ4v) is 1.78. The molecule has 0 radical (unpaired) electrons. The lowest BCUT2D eigenvalue weighted by Gasteiger charge is -2.03. The van der Waals surface area contributed by atoms with Crippen LogP contribution in [0.3, 0.4) is 0 Å². The second-order valence-corrected chi connectivity index (χ2v) is 3.60. The summed E-state index contributed by atoms with van der Waals surface area (Å²) in [5.41, 5.74) is 3.04. The van der Waals surface area contributed by atoms with Gasteiger partial charge in [-0.1, -0.05) is 12.1 Å². The van der Waals surface area contributed by atoms with Gasteiger partial charge in [-0.05, 0) is 30.3 Å². The summed E-state index contributed by atoms with van der Waals surface area (Å²) in [7, 11) is 0. The van der Waals surface area contributed by atoms with Crippen molar-refractivity contribution < 1.29 is 0 Å². The summed E-state index contributed by atoms with van der Waals surface area (Å²) in [5.74, 6) is 0. The van der Waals surface area contributed by atoms with Crippen LogP contribution in [0, 0.1) is 11.3 Å². The molecule has 3 rings (SSSR count). The number of nitrogens with zero attached hydrogens (tertiary/aromatic N) is 4. The summed E-state index contributed by atoms with van der Waals surface area (Å²) >= 11 is 0. The van der Waals surface area contributed by atoms with Crippen molar-refractivity contribution in [2.24, 2.45) is 0 Å². The van der Waals surface area contributed by atoms with Crippen molar-refractivity contribution >= 4 is 5.52 Å². The Bertz CT molecular complexity index is 721. The van der Waals surface area contributed by atoms with Crippen LogP contribution in [0.1, 0.15) is 5.69 Å². The van der Waals surface area contributed by atoms with E-state index in [0.717, 1.165) is 16.9 Å². The van der Waals surface area contributed by atoms with Gasteiger partial charge in [-0.2, -0.15) is 10.4 Å². The molecule has 0 atom stereocenters. The van der Waals surface area contributed by atoms with Crippen LogP contribution in [-0.2, 0) is 0 Å². The fourth-order valence-electron chi connectivity index (χ4n) is 1.78. The summed E-state index contributed by atoms with van der Waals surface area (Å²) < 4.78 is 1.81. The van der Waals surface area contributed by atoms with E-state index in [2.05, 4.69) is 10.1 Å². The predicted molar refractivity (Wildman–Crippen MR) is 63.1 cm³/mol. The van der Waals surface area contributed by atoms with Crippen molar-refractivity contribution in [1.29, 1.82) is 5.26 Å². The highest BCUT2D eigenvalue weighted by Crippen LogP contribution is 2.18. The molecular weight excluding hydrogens is 212 g/mol. The molecule has 0 aliphatic rings. The maximum atomic E-state index is 8.85. The van der Waals surface area contributed by atoms with Crippen molar-refractivity contribution in [1.82, 2.24) is 14.6 Å². The molecule has 0 N–H and O–H groups in total. The first-order chi connectivity index (χ1) is 8.38. The zero-order valence-electron chi connectivity index (χ0n) is 8.91. The third kappa shape index (κ3) is 1.54. The normalized spacial score (nSPS) is 10.3. The minimum Gasteiger partial charge on any atom is -0.235 e. The average molecular weight is 220 g/mol. The van der Waals surface area contributed by atoms with E-state index in [-0.39, 0.29) is 0 Å². The van der Waals surface area contributed by atoms with Gasteiger partial charge in [0.1, 0.15) is 11.8 Å². The van der Waals surface area contributed by atoms with Gasteiger partial charge in [-0.25, -0.2) is 9.50 Å². The molecule has 4 heteroatoms. The van der Waals surface area contributed by atoms with Gasteiger partial charge < -0.3 is 0 Å². The minimum absolute atomic E-state index is 0.409. The van der Waals surface area contributed by atoms with Gasteiger partial charge in [0.25, 0.3) is 0 Å². The first kappa shape index (κ1) is 9.55. The van der Waals surface area contributed by atoms with E-state index in [0.29, 0.717) is 5.69 Å². The molecule has 0 saturated carbocycles. The Labute approximate surface area is 97.8 Å². The third-order valence-corrected chi connectivity index (χ3v) is 2.55. The summed E-state index contributed by atoms with van der Waals surface area (Å²) in [5, 5.41) is 13.1. The van der Waals surface area contributed by atoms with Crippen molar-refractivity contribution in [3.05, 3.63) is 54.4 Å². The lowest BCUT2D eigenvalue weighted by Crippen LogP contribution is -1.96. The molecule has 0 amide bonds. The van der Waals surface area contributed by atoms with Crippen LogP contribution in [0.15, 0.2) is 48.7 Å². The van der Waals surface area contributed by atoms with Crippen LogP contribution in [-0.4, -0.2) is 14.6 Å². The molecule has 0 aliphatic carbocycles. The highest BCUT2D eigenvalue weighted by atomic mass is 15.2. The molecule has 0 saturated heterocycles. The molecule has 4 nitrogen and oxygen atoms in total. The number of pyridine rings is 2. The zero-order chi connectivity index (χ0) is 11.7. The van der Waals surface area contributed by atoms with E-state index < -0.39 is 0 Å². The first-order valence-electron chi connectivity index (χ1n) is 5.19. The van der Waals surface area contributed by atoms with Gasteiger partial charge in [-0.15, -0.1) is 0 Å². The van der Waals surface area contributed by atoms with Gasteiger partial charge in [0, 0.05) is 0 Å². The van der Waals surface area contributed by atoms with Crippen molar-refractivity contribution in [2.75, 3.05) is 0 Å². The van der Waals surface area contributed by atoms with Gasteiger partial charge in [-0.3, -0.25) is 0 Å².